The van der Waals surface area contributed by atoms with Gasteiger partial charge in [-0.2, -0.15) is 0 Å². The summed E-state index contributed by atoms with van der Waals surface area (Å²) in [5.41, 5.74) is 2.30. The third kappa shape index (κ3) is 1.52. The standard InChI is InChI=1S/C11H10ClN/c1-2-8-4-3-5-10-9(8)6-7-11(12)13-10/h3-7H,2H2,1H3. The highest BCUT2D eigenvalue weighted by Crippen LogP contribution is 2.19. The molecular weight excluding hydrogens is 182 g/mol. The van der Waals surface area contributed by atoms with Crippen LogP contribution in [0.5, 0.6) is 0 Å². The van der Waals surface area contributed by atoms with E-state index in [0.29, 0.717) is 5.15 Å². The van der Waals surface area contributed by atoms with E-state index in [1.165, 1.54) is 10.9 Å². The van der Waals surface area contributed by atoms with Gasteiger partial charge in [0.25, 0.3) is 0 Å². The summed E-state index contributed by atoms with van der Waals surface area (Å²) < 4.78 is 0. The smallest absolute Gasteiger partial charge is 0.129 e. The monoisotopic (exact) mass is 191 g/mol. The predicted octanol–water partition coefficient (Wildman–Crippen LogP) is 3.45. The third-order valence-electron chi connectivity index (χ3n) is 2.17. The summed E-state index contributed by atoms with van der Waals surface area (Å²) in [4.78, 5) is 4.25. The van der Waals surface area contributed by atoms with E-state index < -0.39 is 0 Å². The van der Waals surface area contributed by atoms with Crippen molar-refractivity contribution in [3.63, 3.8) is 0 Å². The van der Waals surface area contributed by atoms with Crippen molar-refractivity contribution in [2.75, 3.05) is 0 Å². The fourth-order valence-corrected chi connectivity index (χ4v) is 1.66. The molecule has 13 heavy (non-hydrogen) atoms. The lowest BCUT2D eigenvalue weighted by Crippen LogP contribution is -1.85. The van der Waals surface area contributed by atoms with Gasteiger partial charge in [0, 0.05) is 5.39 Å². The van der Waals surface area contributed by atoms with E-state index >= 15 is 0 Å². The molecule has 0 saturated carbocycles. The van der Waals surface area contributed by atoms with Crippen LogP contribution in [0.1, 0.15) is 12.5 Å². The zero-order valence-corrected chi connectivity index (χ0v) is 8.17. The van der Waals surface area contributed by atoms with Gasteiger partial charge in [0.05, 0.1) is 5.52 Å². The van der Waals surface area contributed by atoms with Gasteiger partial charge in [0.1, 0.15) is 5.15 Å². The second-order valence-electron chi connectivity index (χ2n) is 2.97. The Morgan fingerprint density at radius 2 is 2.08 bits per heavy atom. The first-order chi connectivity index (χ1) is 6.31. The molecule has 1 aromatic carbocycles. The Hall–Kier alpha value is -1.08. The van der Waals surface area contributed by atoms with Crippen molar-refractivity contribution in [1.29, 1.82) is 0 Å². The van der Waals surface area contributed by atoms with Gasteiger partial charge in [-0.3, -0.25) is 0 Å². The summed E-state index contributed by atoms with van der Waals surface area (Å²) in [6, 6.07) is 10.00. The van der Waals surface area contributed by atoms with Gasteiger partial charge in [-0.1, -0.05) is 30.7 Å². The van der Waals surface area contributed by atoms with Crippen LogP contribution in [0, 0.1) is 0 Å². The molecule has 0 spiro atoms. The van der Waals surface area contributed by atoms with Crippen molar-refractivity contribution < 1.29 is 0 Å². The van der Waals surface area contributed by atoms with Gasteiger partial charge >= 0.3 is 0 Å². The topological polar surface area (TPSA) is 12.9 Å². The molecule has 0 aliphatic rings. The van der Waals surface area contributed by atoms with Crippen LogP contribution in [-0.2, 0) is 6.42 Å². The van der Waals surface area contributed by atoms with Crippen LogP contribution >= 0.6 is 11.6 Å². The molecule has 0 unspecified atom stereocenters. The summed E-state index contributed by atoms with van der Waals surface area (Å²) in [6.07, 6.45) is 1.03. The summed E-state index contributed by atoms with van der Waals surface area (Å²) in [7, 11) is 0. The Morgan fingerprint density at radius 1 is 1.23 bits per heavy atom. The highest BCUT2D eigenvalue weighted by Gasteiger charge is 1.99. The summed E-state index contributed by atoms with van der Waals surface area (Å²) in [6.45, 7) is 2.14. The van der Waals surface area contributed by atoms with Crippen LogP contribution in [0.15, 0.2) is 30.3 Å². The van der Waals surface area contributed by atoms with Crippen molar-refractivity contribution in [3.8, 4) is 0 Å². The Bertz CT molecular complexity index is 437. The third-order valence-corrected chi connectivity index (χ3v) is 2.38. The number of aryl methyl sites for hydroxylation is 1. The lowest BCUT2D eigenvalue weighted by molar-refractivity contribution is 1.16. The molecule has 0 bridgehead atoms. The average Bonchev–Trinajstić information content (AvgIpc) is 2.16. The van der Waals surface area contributed by atoms with Gasteiger partial charge in [0.15, 0.2) is 0 Å². The van der Waals surface area contributed by atoms with E-state index in [2.05, 4.69) is 18.0 Å². The first kappa shape index (κ1) is 8.52. The Balaban J connectivity index is 2.77. The van der Waals surface area contributed by atoms with E-state index in [1.54, 1.807) is 0 Å². The van der Waals surface area contributed by atoms with E-state index in [4.69, 9.17) is 11.6 Å². The Kier molecular flexibility index (Phi) is 2.19. The normalized spacial score (nSPS) is 10.6. The summed E-state index contributed by atoms with van der Waals surface area (Å²) in [5, 5.41) is 1.76. The molecule has 0 N–H and O–H groups in total. The molecule has 0 aliphatic carbocycles. The second-order valence-corrected chi connectivity index (χ2v) is 3.36. The predicted molar refractivity (Wildman–Crippen MR) is 56.1 cm³/mol. The molecule has 1 aromatic heterocycles. The number of fused-ring (bicyclic) bond motifs is 1. The minimum Gasteiger partial charge on any atom is -0.236 e. The number of hydrogen-bond donors (Lipinski definition) is 0. The fraction of sp³-hybridized carbons (Fsp3) is 0.182. The van der Waals surface area contributed by atoms with Crippen molar-refractivity contribution >= 4 is 22.5 Å². The molecule has 1 heterocycles. The van der Waals surface area contributed by atoms with E-state index in [9.17, 15) is 0 Å². The quantitative estimate of drug-likeness (QED) is 0.630. The molecule has 0 amide bonds. The van der Waals surface area contributed by atoms with Crippen LogP contribution < -0.4 is 0 Å². The first-order valence-electron chi connectivity index (χ1n) is 4.35. The molecule has 0 aliphatic heterocycles. The molecule has 0 radical (unpaired) electrons. The number of rotatable bonds is 1. The number of pyridine rings is 1. The lowest BCUT2D eigenvalue weighted by atomic mass is 10.1. The van der Waals surface area contributed by atoms with Crippen LogP contribution in [0.4, 0.5) is 0 Å². The van der Waals surface area contributed by atoms with Gasteiger partial charge < -0.3 is 0 Å². The van der Waals surface area contributed by atoms with Crippen LogP contribution in [0.3, 0.4) is 0 Å². The molecule has 2 heteroatoms. The molecule has 0 saturated heterocycles. The van der Waals surface area contributed by atoms with Gasteiger partial charge in [0.2, 0.25) is 0 Å². The minimum absolute atomic E-state index is 0.556. The van der Waals surface area contributed by atoms with E-state index in [1.807, 2.05) is 24.3 Å². The van der Waals surface area contributed by atoms with Crippen LogP contribution in [-0.4, -0.2) is 4.98 Å². The maximum absolute atomic E-state index is 5.80. The molecule has 2 aromatic rings. The number of nitrogens with zero attached hydrogens (tertiary/aromatic N) is 1. The van der Waals surface area contributed by atoms with Gasteiger partial charge in [-0.05, 0) is 30.2 Å². The van der Waals surface area contributed by atoms with Crippen molar-refractivity contribution in [1.82, 2.24) is 4.98 Å². The highest BCUT2D eigenvalue weighted by atomic mass is 35.5. The zero-order valence-electron chi connectivity index (χ0n) is 7.42. The zero-order chi connectivity index (χ0) is 9.26. The van der Waals surface area contributed by atoms with Gasteiger partial charge in [-0.15, -0.1) is 0 Å². The van der Waals surface area contributed by atoms with Crippen molar-refractivity contribution in [2.45, 2.75) is 13.3 Å². The van der Waals surface area contributed by atoms with E-state index in [0.717, 1.165) is 11.9 Å². The largest absolute Gasteiger partial charge is 0.236 e. The second kappa shape index (κ2) is 3.35. The fourth-order valence-electron chi connectivity index (χ4n) is 1.50. The maximum atomic E-state index is 5.80. The summed E-state index contributed by atoms with van der Waals surface area (Å²) in [5.74, 6) is 0. The summed E-state index contributed by atoms with van der Waals surface area (Å²) >= 11 is 5.80. The van der Waals surface area contributed by atoms with Crippen LogP contribution in [0.25, 0.3) is 10.9 Å². The average molecular weight is 192 g/mol. The molecule has 0 atom stereocenters. The van der Waals surface area contributed by atoms with Crippen molar-refractivity contribution in [2.24, 2.45) is 0 Å². The van der Waals surface area contributed by atoms with Crippen LogP contribution in [0.2, 0.25) is 5.15 Å². The highest BCUT2D eigenvalue weighted by molar-refractivity contribution is 6.29. The SMILES string of the molecule is CCc1cccc2nc(Cl)ccc12. The molecule has 0 fully saturated rings. The minimum atomic E-state index is 0.556. The number of aromatic nitrogens is 1. The lowest BCUT2D eigenvalue weighted by Gasteiger charge is -2.02. The molecule has 66 valence electrons. The number of hydrogen-bond acceptors (Lipinski definition) is 1. The first-order valence-corrected chi connectivity index (χ1v) is 4.73. The molecule has 2 rings (SSSR count). The van der Waals surface area contributed by atoms with Gasteiger partial charge in [-0.25, -0.2) is 4.98 Å². The van der Waals surface area contributed by atoms with E-state index in [-0.39, 0.29) is 0 Å². The Morgan fingerprint density at radius 3 is 2.85 bits per heavy atom. The Labute approximate surface area is 82.4 Å². The maximum Gasteiger partial charge on any atom is 0.129 e. The number of benzene rings is 1. The molecular formula is C11H10ClN. The number of halogens is 1. The molecule has 1 nitrogen and oxygen atoms in total. The van der Waals surface area contributed by atoms with Crippen molar-refractivity contribution in [3.05, 3.63) is 41.0 Å².